The van der Waals surface area contributed by atoms with Crippen molar-refractivity contribution < 1.29 is 9.90 Å². The molecule has 17 heavy (non-hydrogen) atoms. The zero-order chi connectivity index (χ0) is 12.9. The van der Waals surface area contributed by atoms with Crippen molar-refractivity contribution >= 4 is 16.9 Å². The Kier molecular flexibility index (Phi) is 2.34. The van der Waals surface area contributed by atoms with Crippen LogP contribution in [0.5, 0.6) is 0 Å². The van der Waals surface area contributed by atoms with Gasteiger partial charge in [-0.3, -0.25) is 4.79 Å². The van der Waals surface area contributed by atoms with Crippen LogP contribution in [0.4, 0.5) is 0 Å². The van der Waals surface area contributed by atoms with Crippen molar-refractivity contribution in [2.45, 2.75) is 13.8 Å². The number of aromatic nitrogens is 2. The number of rotatable bonds is 1. The van der Waals surface area contributed by atoms with Gasteiger partial charge in [0.25, 0.3) is 5.56 Å². The summed E-state index contributed by atoms with van der Waals surface area (Å²) < 4.78 is 3.18. The van der Waals surface area contributed by atoms with Gasteiger partial charge in [-0.15, -0.1) is 0 Å². The number of carbonyl (C=O) groups is 1. The Balaban J connectivity index is 3.18. The fraction of sp³-hybridized carbons (Fsp3) is 0.333. The summed E-state index contributed by atoms with van der Waals surface area (Å²) in [4.78, 5) is 23.3. The lowest BCUT2D eigenvalue weighted by Gasteiger charge is -2.04. The number of hydrogen-bond acceptors (Lipinski definition) is 2. The molecule has 0 aliphatic rings. The van der Waals surface area contributed by atoms with Gasteiger partial charge in [0.05, 0.1) is 16.5 Å². The fourth-order valence-electron chi connectivity index (χ4n) is 2.32. The zero-order valence-electron chi connectivity index (χ0n) is 10.2. The first-order valence-corrected chi connectivity index (χ1v) is 5.24. The van der Waals surface area contributed by atoms with Crippen LogP contribution in [0.2, 0.25) is 0 Å². The Hall–Kier alpha value is -2.04. The van der Waals surface area contributed by atoms with E-state index in [2.05, 4.69) is 0 Å². The van der Waals surface area contributed by atoms with Crippen LogP contribution in [0.15, 0.2) is 11.0 Å². The predicted octanol–water partition coefficient (Wildman–Crippen LogP) is 1.19. The van der Waals surface area contributed by atoms with E-state index in [1.807, 2.05) is 6.92 Å². The molecule has 90 valence electrons. The number of carboxylic acids is 1. The molecule has 0 amide bonds. The molecule has 0 atom stereocenters. The Labute approximate surface area is 97.9 Å². The average Bonchev–Trinajstić information content (AvgIpc) is 2.49. The van der Waals surface area contributed by atoms with Gasteiger partial charge in [-0.1, -0.05) is 0 Å². The number of pyridine rings is 1. The van der Waals surface area contributed by atoms with Crippen LogP contribution < -0.4 is 5.56 Å². The van der Waals surface area contributed by atoms with Crippen molar-refractivity contribution in [1.82, 2.24) is 9.13 Å². The minimum atomic E-state index is -1.06. The van der Waals surface area contributed by atoms with Gasteiger partial charge < -0.3 is 14.2 Å². The number of aromatic carboxylic acids is 1. The minimum Gasteiger partial charge on any atom is -0.478 e. The van der Waals surface area contributed by atoms with E-state index in [1.54, 1.807) is 31.8 Å². The monoisotopic (exact) mass is 234 g/mol. The van der Waals surface area contributed by atoms with Crippen LogP contribution in [0.1, 0.15) is 21.6 Å². The maximum absolute atomic E-state index is 12.1. The van der Waals surface area contributed by atoms with Crippen molar-refractivity contribution in [2.24, 2.45) is 14.1 Å². The molecule has 2 aromatic rings. The summed E-state index contributed by atoms with van der Waals surface area (Å²) in [7, 11) is 3.40. The Morgan fingerprint density at radius 3 is 2.41 bits per heavy atom. The standard InChI is InChI=1S/C12H14N2O3/c1-6-5-13(3)11(15)9-8(12(16)17)7(2)14(4)10(6)9/h5H,1-4H3,(H,16,17). The van der Waals surface area contributed by atoms with Gasteiger partial charge in [0.15, 0.2) is 0 Å². The van der Waals surface area contributed by atoms with E-state index in [0.717, 1.165) is 5.56 Å². The van der Waals surface area contributed by atoms with Crippen molar-refractivity contribution in [3.05, 3.63) is 33.4 Å². The van der Waals surface area contributed by atoms with Crippen molar-refractivity contribution in [3.8, 4) is 0 Å². The fourth-order valence-corrected chi connectivity index (χ4v) is 2.32. The summed E-state index contributed by atoms with van der Waals surface area (Å²) in [6, 6.07) is 0. The molecule has 0 radical (unpaired) electrons. The molecule has 1 N–H and O–H groups in total. The highest BCUT2D eigenvalue weighted by Crippen LogP contribution is 2.24. The zero-order valence-corrected chi connectivity index (χ0v) is 10.2. The highest BCUT2D eigenvalue weighted by Gasteiger charge is 2.22. The number of nitrogens with zero attached hydrogens (tertiary/aromatic N) is 2. The van der Waals surface area contributed by atoms with E-state index < -0.39 is 5.97 Å². The summed E-state index contributed by atoms with van der Waals surface area (Å²) in [5.74, 6) is -1.06. The van der Waals surface area contributed by atoms with E-state index in [4.69, 9.17) is 0 Å². The first kappa shape index (κ1) is 11.4. The summed E-state index contributed by atoms with van der Waals surface area (Å²) in [5.41, 5.74) is 2.01. The second kappa shape index (κ2) is 3.48. The number of carboxylic acid groups (broad SMARTS) is 1. The van der Waals surface area contributed by atoms with Crippen molar-refractivity contribution in [1.29, 1.82) is 0 Å². The molecule has 0 saturated carbocycles. The van der Waals surface area contributed by atoms with Crippen molar-refractivity contribution in [3.63, 3.8) is 0 Å². The molecule has 5 heteroatoms. The number of hydrogen-bond donors (Lipinski definition) is 1. The lowest BCUT2D eigenvalue weighted by Crippen LogP contribution is -2.18. The molecule has 0 unspecified atom stereocenters. The lowest BCUT2D eigenvalue weighted by atomic mass is 10.1. The van der Waals surface area contributed by atoms with Gasteiger partial charge in [0, 0.05) is 26.0 Å². The second-order valence-electron chi connectivity index (χ2n) is 4.28. The highest BCUT2D eigenvalue weighted by atomic mass is 16.4. The molecule has 0 aliphatic heterocycles. The van der Waals surface area contributed by atoms with Crippen LogP contribution >= 0.6 is 0 Å². The normalized spacial score (nSPS) is 11.1. The molecule has 0 fully saturated rings. The van der Waals surface area contributed by atoms with Gasteiger partial charge >= 0.3 is 5.97 Å². The molecule has 2 aromatic heterocycles. The van der Waals surface area contributed by atoms with E-state index >= 15 is 0 Å². The second-order valence-corrected chi connectivity index (χ2v) is 4.28. The van der Waals surface area contributed by atoms with Gasteiger partial charge in [0.2, 0.25) is 0 Å². The van der Waals surface area contributed by atoms with E-state index in [1.165, 1.54) is 4.57 Å². The molecule has 0 spiro atoms. The third-order valence-corrected chi connectivity index (χ3v) is 3.20. The largest absolute Gasteiger partial charge is 0.478 e. The SMILES string of the molecule is Cc1cn(C)c(=O)c2c(C(=O)O)c(C)n(C)c12. The topological polar surface area (TPSA) is 64.2 Å². The molecular formula is C12H14N2O3. The summed E-state index contributed by atoms with van der Waals surface area (Å²) in [6.45, 7) is 3.58. The smallest absolute Gasteiger partial charge is 0.338 e. The summed E-state index contributed by atoms with van der Waals surface area (Å²) in [5, 5.41) is 9.51. The van der Waals surface area contributed by atoms with E-state index in [0.29, 0.717) is 16.6 Å². The maximum atomic E-state index is 12.1. The molecular weight excluding hydrogens is 220 g/mol. The predicted molar refractivity (Wildman–Crippen MR) is 64.6 cm³/mol. The molecule has 0 aliphatic carbocycles. The Bertz CT molecular complexity index is 692. The molecule has 0 saturated heterocycles. The molecule has 2 heterocycles. The quantitative estimate of drug-likeness (QED) is 0.806. The van der Waals surface area contributed by atoms with Crippen LogP contribution in [0, 0.1) is 13.8 Å². The average molecular weight is 234 g/mol. The van der Waals surface area contributed by atoms with Crippen LogP contribution in [-0.2, 0) is 14.1 Å². The lowest BCUT2D eigenvalue weighted by molar-refractivity contribution is 0.0698. The highest BCUT2D eigenvalue weighted by molar-refractivity contribution is 6.05. The first-order chi connectivity index (χ1) is 7.86. The van der Waals surface area contributed by atoms with Gasteiger partial charge in [-0.25, -0.2) is 4.79 Å². The minimum absolute atomic E-state index is 0.104. The maximum Gasteiger partial charge on any atom is 0.338 e. The number of aryl methyl sites for hydroxylation is 3. The summed E-state index contributed by atoms with van der Waals surface area (Å²) >= 11 is 0. The molecule has 2 rings (SSSR count). The van der Waals surface area contributed by atoms with Crippen molar-refractivity contribution in [2.75, 3.05) is 0 Å². The van der Waals surface area contributed by atoms with Crippen LogP contribution in [0.3, 0.4) is 0 Å². The van der Waals surface area contributed by atoms with E-state index in [9.17, 15) is 14.7 Å². The van der Waals surface area contributed by atoms with Gasteiger partial charge in [0.1, 0.15) is 0 Å². The van der Waals surface area contributed by atoms with Crippen LogP contribution in [-0.4, -0.2) is 20.2 Å². The van der Waals surface area contributed by atoms with E-state index in [-0.39, 0.29) is 11.1 Å². The molecule has 0 aromatic carbocycles. The summed E-state index contributed by atoms with van der Waals surface area (Å²) in [6.07, 6.45) is 1.72. The van der Waals surface area contributed by atoms with Crippen LogP contribution in [0.25, 0.3) is 10.9 Å². The third-order valence-electron chi connectivity index (χ3n) is 3.20. The first-order valence-electron chi connectivity index (χ1n) is 5.24. The molecule has 0 bridgehead atoms. The number of fused-ring (bicyclic) bond motifs is 1. The van der Waals surface area contributed by atoms with Gasteiger partial charge in [-0.05, 0) is 19.4 Å². The molecule has 5 nitrogen and oxygen atoms in total. The van der Waals surface area contributed by atoms with Gasteiger partial charge in [-0.2, -0.15) is 0 Å². The third kappa shape index (κ3) is 1.39. The Morgan fingerprint density at radius 1 is 1.29 bits per heavy atom. The Morgan fingerprint density at radius 2 is 1.88 bits per heavy atom.